The Bertz CT molecular complexity index is 1440. The lowest BCUT2D eigenvalue weighted by Crippen LogP contribution is -2.60. The van der Waals surface area contributed by atoms with Crippen LogP contribution < -0.4 is 5.32 Å². The summed E-state index contributed by atoms with van der Waals surface area (Å²) in [6, 6.07) is -1.17. The number of rotatable bonds is 70. The Labute approximate surface area is 544 Å². The molecule has 0 saturated carbocycles. The van der Waals surface area contributed by atoms with Gasteiger partial charge in [-0.1, -0.05) is 379 Å². The second kappa shape index (κ2) is 65.9. The van der Waals surface area contributed by atoms with Crippen molar-refractivity contribution in [2.75, 3.05) is 13.2 Å². The summed E-state index contributed by atoms with van der Waals surface area (Å²) in [5.74, 6) is -0.687. The molecule has 1 amide bonds. The van der Waals surface area contributed by atoms with Crippen molar-refractivity contribution in [2.45, 2.75) is 461 Å². The molecule has 1 rings (SSSR count). The van der Waals surface area contributed by atoms with Gasteiger partial charge in [0.1, 0.15) is 36.6 Å². The summed E-state index contributed by atoms with van der Waals surface area (Å²) in [5, 5.41) is 76.7. The lowest BCUT2D eigenvalue weighted by atomic mass is 9.98. The van der Waals surface area contributed by atoms with Gasteiger partial charge in [-0.15, -0.1) is 0 Å². The molecule has 11 heteroatoms. The van der Waals surface area contributed by atoms with E-state index in [0.29, 0.717) is 19.3 Å². The quantitative estimate of drug-likeness (QED) is 0.0215. The van der Waals surface area contributed by atoms with E-state index < -0.39 is 74.2 Å². The van der Waals surface area contributed by atoms with Crippen LogP contribution in [0.25, 0.3) is 0 Å². The first kappa shape index (κ1) is 84.9. The minimum atomic E-state index is -1.66. The summed E-state index contributed by atoms with van der Waals surface area (Å²) < 4.78 is 11.2. The molecule has 0 bridgehead atoms. The van der Waals surface area contributed by atoms with Crippen molar-refractivity contribution >= 4 is 5.91 Å². The van der Waals surface area contributed by atoms with Gasteiger partial charge in [0.2, 0.25) is 5.91 Å². The monoisotopic (exact) mass is 1250 g/mol. The summed E-state index contributed by atoms with van der Waals surface area (Å²) in [6.07, 6.45) is 71.8. The molecule has 11 nitrogen and oxygen atoms in total. The normalized spacial score (nSPS) is 18.6. The van der Waals surface area contributed by atoms with Crippen LogP contribution in [0.1, 0.15) is 406 Å². The summed E-state index contributed by atoms with van der Waals surface area (Å²) in [4.78, 5) is 13.3. The van der Waals surface area contributed by atoms with Crippen molar-refractivity contribution in [1.82, 2.24) is 5.32 Å². The van der Waals surface area contributed by atoms with Gasteiger partial charge in [0.15, 0.2) is 6.29 Å². The van der Waals surface area contributed by atoms with Gasteiger partial charge < -0.3 is 50.5 Å². The van der Waals surface area contributed by atoms with Gasteiger partial charge in [0, 0.05) is 0 Å². The average Bonchev–Trinajstić information content (AvgIpc) is 2.78. The summed E-state index contributed by atoms with van der Waals surface area (Å²) >= 11 is 0. The van der Waals surface area contributed by atoms with Crippen LogP contribution in [-0.4, -0.2) is 110 Å². The van der Waals surface area contributed by atoms with E-state index in [2.05, 4.69) is 31.3 Å². The van der Waals surface area contributed by atoms with Crippen molar-refractivity contribution in [2.24, 2.45) is 0 Å². The lowest BCUT2D eigenvalue weighted by molar-refractivity contribution is -0.303. The van der Waals surface area contributed by atoms with Crippen molar-refractivity contribution in [3.63, 3.8) is 0 Å². The number of allylic oxidation sites excluding steroid dienone is 2. The van der Waals surface area contributed by atoms with Crippen LogP contribution in [0.5, 0.6) is 0 Å². The van der Waals surface area contributed by atoms with E-state index >= 15 is 0 Å². The molecule has 1 saturated heterocycles. The van der Waals surface area contributed by atoms with E-state index in [1.165, 1.54) is 327 Å². The van der Waals surface area contributed by atoms with Gasteiger partial charge in [-0.3, -0.25) is 4.79 Å². The minimum Gasteiger partial charge on any atom is -0.394 e. The molecule has 0 aromatic rings. The van der Waals surface area contributed by atoms with E-state index in [4.69, 9.17) is 9.47 Å². The van der Waals surface area contributed by atoms with E-state index in [9.17, 15) is 40.5 Å². The van der Waals surface area contributed by atoms with E-state index in [-0.39, 0.29) is 6.42 Å². The number of nitrogens with one attached hydrogen (secondary N) is 1. The highest BCUT2D eigenvalue weighted by Gasteiger charge is 2.44. The molecule has 524 valence electrons. The first-order chi connectivity index (χ1) is 43.2. The average molecular weight is 1250 g/mol. The van der Waals surface area contributed by atoms with E-state index in [1.54, 1.807) is 0 Å². The van der Waals surface area contributed by atoms with Crippen LogP contribution in [0.4, 0.5) is 0 Å². The minimum absolute atomic E-state index is 0.265. The predicted octanol–water partition coefficient (Wildman–Crippen LogP) is 19.8. The third kappa shape index (κ3) is 52.3. The molecule has 0 radical (unpaired) electrons. The summed E-state index contributed by atoms with van der Waals surface area (Å²) in [5.41, 5.74) is 0. The van der Waals surface area contributed by atoms with Crippen molar-refractivity contribution in [1.29, 1.82) is 0 Å². The molecule has 0 aromatic carbocycles. The molecular formula is C77H151NO10. The second-order valence-electron chi connectivity index (χ2n) is 27.8. The Morgan fingerprint density at radius 1 is 0.386 bits per heavy atom. The van der Waals surface area contributed by atoms with Gasteiger partial charge >= 0.3 is 0 Å². The zero-order valence-electron chi connectivity index (χ0n) is 58.3. The Kier molecular flexibility index (Phi) is 63.5. The summed E-state index contributed by atoms with van der Waals surface area (Å²) in [6.45, 7) is 3.53. The SMILES string of the molecule is CCCCCCCCCCCCCCCCCC/C=C\CCCCCCCCCCCCCCCCCCC(O)C(=O)NC(COC1OC(CO)C(O)C(O)C1O)C(O)C(O)CCCCCCCCCCCCCCCCCCCCCCCCCCC. The van der Waals surface area contributed by atoms with Crippen LogP contribution >= 0.6 is 0 Å². The Balaban J connectivity index is 2.12. The molecule has 0 spiro atoms. The maximum absolute atomic E-state index is 13.3. The molecular weight excluding hydrogens is 1100 g/mol. The molecule has 1 aliphatic rings. The number of hydrogen-bond donors (Lipinski definition) is 8. The van der Waals surface area contributed by atoms with Crippen molar-refractivity contribution in [3.05, 3.63) is 12.2 Å². The first-order valence-electron chi connectivity index (χ1n) is 39.1. The molecule has 1 aliphatic heterocycles. The number of aliphatic hydroxyl groups excluding tert-OH is 7. The standard InChI is InChI=1S/C77H151NO10/c1-3-5-7-9-11-13-15-17-19-21-23-25-27-29-30-31-32-33-34-35-36-37-38-39-41-43-45-47-49-51-53-55-57-59-61-63-65-70(81)76(86)78-68(67-87-77-75(85)74(84)73(83)71(66-79)88-77)72(82)69(80)64-62-60-58-56-54-52-50-48-46-44-42-40-28-26-24-22-20-18-16-14-12-10-8-6-4-2/h33-34,68-75,77,79-85H,3-32,35-67H2,1-2H3,(H,78,86)/b34-33-. The van der Waals surface area contributed by atoms with Crippen LogP contribution in [0.3, 0.4) is 0 Å². The zero-order chi connectivity index (χ0) is 63.9. The highest BCUT2D eigenvalue weighted by Crippen LogP contribution is 2.24. The third-order valence-corrected chi connectivity index (χ3v) is 19.3. The van der Waals surface area contributed by atoms with Crippen molar-refractivity contribution < 1.29 is 50.0 Å². The Hall–Kier alpha value is -1.15. The fraction of sp³-hybridized carbons (Fsp3) is 0.961. The van der Waals surface area contributed by atoms with Gasteiger partial charge in [0.05, 0.1) is 25.4 Å². The number of carbonyl (C=O) groups excluding carboxylic acids is 1. The third-order valence-electron chi connectivity index (χ3n) is 19.3. The fourth-order valence-corrected chi connectivity index (χ4v) is 13.1. The highest BCUT2D eigenvalue weighted by atomic mass is 16.7. The zero-order valence-corrected chi connectivity index (χ0v) is 58.3. The Morgan fingerprint density at radius 3 is 0.955 bits per heavy atom. The number of aliphatic hydroxyl groups is 7. The molecule has 9 atom stereocenters. The van der Waals surface area contributed by atoms with Crippen LogP contribution in [0.15, 0.2) is 12.2 Å². The lowest BCUT2D eigenvalue weighted by Gasteiger charge is -2.40. The Morgan fingerprint density at radius 2 is 0.659 bits per heavy atom. The maximum Gasteiger partial charge on any atom is 0.249 e. The first-order valence-corrected chi connectivity index (χ1v) is 39.1. The van der Waals surface area contributed by atoms with Gasteiger partial charge in [0.25, 0.3) is 0 Å². The van der Waals surface area contributed by atoms with E-state index in [0.717, 1.165) is 38.5 Å². The number of carbonyl (C=O) groups is 1. The largest absolute Gasteiger partial charge is 0.394 e. The molecule has 0 aliphatic carbocycles. The number of amides is 1. The van der Waals surface area contributed by atoms with Crippen LogP contribution in [-0.2, 0) is 14.3 Å². The highest BCUT2D eigenvalue weighted by molar-refractivity contribution is 5.80. The molecule has 8 N–H and O–H groups in total. The number of ether oxygens (including phenoxy) is 2. The van der Waals surface area contributed by atoms with Crippen molar-refractivity contribution in [3.8, 4) is 0 Å². The van der Waals surface area contributed by atoms with E-state index in [1.807, 2.05) is 0 Å². The second-order valence-corrected chi connectivity index (χ2v) is 27.8. The molecule has 88 heavy (non-hydrogen) atoms. The fourth-order valence-electron chi connectivity index (χ4n) is 13.1. The van der Waals surface area contributed by atoms with Gasteiger partial charge in [-0.05, 0) is 38.5 Å². The molecule has 9 unspecified atom stereocenters. The summed E-state index contributed by atoms with van der Waals surface area (Å²) in [7, 11) is 0. The van der Waals surface area contributed by atoms with Crippen LogP contribution in [0, 0.1) is 0 Å². The number of unbranched alkanes of at least 4 members (excludes halogenated alkanes) is 56. The van der Waals surface area contributed by atoms with Crippen LogP contribution in [0.2, 0.25) is 0 Å². The molecule has 1 fully saturated rings. The number of hydrogen-bond acceptors (Lipinski definition) is 10. The smallest absolute Gasteiger partial charge is 0.249 e. The predicted molar refractivity (Wildman–Crippen MR) is 372 cm³/mol. The van der Waals surface area contributed by atoms with Gasteiger partial charge in [-0.2, -0.15) is 0 Å². The molecule has 0 aromatic heterocycles. The van der Waals surface area contributed by atoms with Gasteiger partial charge in [-0.25, -0.2) is 0 Å². The molecule has 1 heterocycles. The topological polar surface area (TPSA) is 189 Å². The maximum atomic E-state index is 13.3.